The Labute approximate surface area is 178 Å². The third kappa shape index (κ3) is 3.77. The summed E-state index contributed by atoms with van der Waals surface area (Å²) in [6.45, 7) is 3.92. The first-order chi connectivity index (χ1) is 14.6. The van der Waals surface area contributed by atoms with E-state index >= 15 is 0 Å². The summed E-state index contributed by atoms with van der Waals surface area (Å²) in [6, 6.07) is 13.3. The van der Waals surface area contributed by atoms with Crippen molar-refractivity contribution < 1.29 is 14.2 Å². The predicted molar refractivity (Wildman–Crippen MR) is 120 cm³/mol. The molecule has 0 amide bonds. The van der Waals surface area contributed by atoms with Gasteiger partial charge in [0, 0.05) is 22.9 Å². The van der Waals surface area contributed by atoms with Gasteiger partial charge >= 0.3 is 0 Å². The van der Waals surface area contributed by atoms with Gasteiger partial charge in [-0.05, 0) is 18.2 Å². The summed E-state index contributed by atoms with van der Waals surface area (Å²) < 4.78 is 16.0. The van der Waals surface area contributed by atoms with Crippen LogP contribution in [0, 0.1) is 0 Å². The molecule has 0 spiro atoms. The van der Waals surface area contributed by atoms with Gasteiger partial charge in [-0.25, -0.2) is 15.0 Å². The van der Waals surface area contributed by atoms with Crippen LogP contribution < -0.4 is 14.8 Å². The molecule has 1 N–H and O–H groups in total. The summed E-state index contributed by atoms with van der Waals surface area (Å²) in [6.07, 6.45) is 0. The third-order valence-electron chi connectivity index (χ3n) is 4.53. The molecule has 4 aromatic rings. The summed E-state index contributed by atoms with van der Waals surface area (Å²) in [5.41, 5.74) is 4.99. The molecule has 0 saturated carbocycles. The van der Waals surface area contributed by atoms with Crippen molar-refractivity contribution in [2.45, 2.75) is 0 Å². The summed E-state index contributed by atoms with van der Waals surface area (Å²) in [5, 5.41) is 3.33. The van der Waals surface area contributed by atoms with E-state index in [4.69, 9.17) is 19.2 Å². The second-order valence-corrected chi connectivity index (χ2v) is 7.14. The van der Waals surface area contributed by atoms with E-state index in [-0.39, 0.29) is 0 Å². The van der Waals surface area contributed by atoms with Crippen LogP contribution in [0.5, 0.6) is 11.5 Å². The fourth-order valence-electron chi connectivity index (χ4n) is 2.98. The molecule has 0 aliphatic heterocycles. The first-order valence-electron chi connectivity index (χ1n) is 9.07. The molecule has 0 aliphatic carbocycles. The van der Waals surface area contributed by atoms with Gasteiger partial charge in [0.15, 0.2) is 23.1 Å². The number of hydrogen-bond donors (Lipinski definition) is 1. The number of thiazole rings is 1. The molecule has 152 valence electrons. The first-order valence-corrected chi connectivity index (χ1v) is 9.95. The monoisotopic (exact) mass is 420 g/mol. The summed E-state index contributed by atoms with van der Waals surface area (Å²) >= 11 is 1.46. The van der Waals surface area contributed by atoms with Crippen LogP contribution in [0.1, 0.15) is 5.56 Å². The van der Waals surface area contributed by atoms with Crippen LogP contribution in [0.4, 0.5) is 11.5 Å². The number of methoxy groups -OCH3 is 3. The second-order valence-electron chi connectivity index (χ2n) is 6.30. The predicted octanol–water partition coefficient (Wildman–Crippen LogP) is 5.13. The van der Waals surface area contributed by atoms with Gasteiger partial charge in [-0.1, -0.05) is 24.8 Å². The third-order valence-corrected chi connectivity index (χ3v) is 5.25. The Balaban J connectivity index is 1.77. The molecule has 8 heteroatoms. The molecule has 7 nitrogen and oxygen atoms in total. The Morgan fingerprint density at radius 1 is 1.00 bits per heavy atom. The van der Waals surface area contributed by atoms with Gasteiger partial charge in [0.25, 0.3) is 0 Å². The molecular formula is C22H20N4O3S. The molecule has 0 bridgehead atoms. The highest BCUT2D eigenvalue weighted by molar-refractivity contribution is 7.16. The van der Waals surface area contributed by atoms with Crippen molar-refractivity contribution in [3.8, 4) is 22.9 Å². The zero-order valence-corrected chi connectivity index (χ0v) is 17.6. The first kappa shape index (κ1) is 19.7. The van der Waals surface area contributed by atoms with E-state index in [2.05, 4.69) is 21.9 Å². The van der Waals surface area contributed by atoms with Gasteiger partial charge in [-0.15, -0.1) is 11.3 Å². The van der Waals surface area contributed by atoms with E-state index in [0.29, 0.717) is 34.4 Å². The normalized spacial score (nSPS) is 10.6. The Morgan fingerprint density at radius 2 is 1.83 bits per heavy atom. The van der Waals surface area contributed by atoms with Crippen molar-refractivity contribution in [2.24, 2.45) is 0 Å². The van der Waals surface area contributed by atoms with Crippen molar-refractivity contribution in [1.29, 1.82) is 0 Å². The van der Waals surface area contributed by atoms with Gasteiger partial charge in [-0.2, -0.15) is 0 Å². The van der Waals surface area contributed by atoms with Gasteiger partial charge in [0.1, 0.15) is 16.1 Å². The lowest BCUT2D eigenvalue weighted by atomic mass is 10.1. The molecule has 0 atom stereocenters. The van der Waals surface area contributed by atoms with Crippen molar-refractivity contribution in [1.82, 2.24) is 15.0 Å². The minimum atomic E-state index is 0.583. The minimum Gasteiger partial charge on any atom is -0.497 e. The van der Waals surface area contributed by atoms with E-state index in [1.165, 1.54) is 11.3 Å². The number of benzene rings is 2. The maximum Gasteiger partial charge on any atom is 0.163 e. The van der Waals surface area contributed by atoms with Crippen LogP contribution in [-0.2, 0) is 4.74 Å². The number of rotatable bonds is 7. The summed E-state index contributed by atoms with van der Waals surface area (Å²) in [7, 11) is 4.80. The highest BCUT2D eigenvalue weighted by atomic mass is 32.1. The zero-order valence-electron chi connectivity index (χ0n) is 16.8. The molecule has 30 heavy (non-hydrogen) atoms. The van der Waals surface area contributed by atoms with E-state index in [9.17, 15) is 0 Å². The fraction of sp³-hybridized carbons (Fsp3) is 0.136. The number of ether oxygens (including phenoxy) is 3. The molecule has 4 rings (SSSR count). The van der Waals surface area contributed by atoms with Gasteiger partial charge < -0.3 is 19.5 Å². The van der Waals surface area contributed by atoms with E-state index < -0.39 is 0 Å². The number of hydrogen-bond acceptors (Lipinski definition) is 8. The Hall–Kier alpha value is -3.65. The van der Waals surface area contributed by atoms with Crippen molar-refractivity contribution in [2.75, 3.05) is 26.6 Å². The molecule has 0 fully saturated rings. The van der Waals surface area contributed by atoms with Crippen molar-refractivity contribution >= 4 is 38.9 Å². The zero-order chi connectivity index (χ0) is 21.1. The van der Waals surface area contributed by atoms with E-state index in [1.807, 2.05) is 42.5 Å². The number of nitrogens with zero attached hydrogens (tertiary/aromatic N) is 3. The standard InChI is InChI=1S/C22H20N4O3S/c1-13(27-2)14-6-5-7-15(10-14)20-25-21(19-22(26-20)30-12-23-19)24-16-8-9-17(28-3)18(11-16)29-4/h5-12H,1H2,2-4H3,(H,24,25,26). The molecule has 0 saturated heterocycles. The van der Waals surface area contributed by atoms with Gasteiger partial charge in [-0.3, -0.25) is 0 Å². The Bertz CT molecular complexity index is 1220. The molecule has 0 aliphatic rings. The maximum atomic E-state index is 5.39. The topological polar surface area (TPSA) is 78.4 Å². The van der Waals surface area contributed by atoms with Crippen LogP contribution in [0.25, 0.3) is 27.5 Å². The number of nitrogens with one attached hydrogen (secondary N) is 1. The average molecular weight is 420 g/mol. The number of aromatic nitrogens is 3. The van der Waals surface area contributed by atoms with Crippen LogP contribution in [0.15, 0.2) is 54.6 Å². The smallest absolute Gasteiger partial charge is 0.163 e. The lowest BCUT2D eigenvalue weighted by Crippen LogP contribution is -2.00. The highest BCUT2D eigenvalue weighted by Crippen LogP contribution is 2.33. The largest absolute Gasteiger partial charge is 0.497 e. The number of fused-ring (bicyclic) bond motifs is 1. The van der Waals surface area contributed by atoms with Crippen LogP contribution in [-0.4, -0.2) is 36.3 Å². The SMILES string of the molecule is C=C(OC)c1cccc(-c2nc(Nc3ccc(OC)c(OC)c3)c3ncsc3n2)c1. The van der Waals surface area contributed by atoms with Gasteiger partial charge in [0.2, 0.25) is 0 Å². The summed E-state index contributed by atoms with van der Waals surface area (Å²) in [4.78, 5) is 14.6. The number of anilines is 2. The lowest BCUT2D eigenvalue weighted by Gasteiger charge is -2.12. The van der Waals surface area contributed by atoms with Crippen LogP contribution >= 0.6 is 11.3 Å². The molecule has 2 heterocycles. The van der Waals surface area contributed by atoms with Crippen molar-refractivity contribution in [3.05, 3.63) is 60.1 Å². The second kappa shape index (κ2) is 8.38. The molecule has 0 unspecified atom stereocenters. The van der Waals surface area contributed by atoms with Gasteiger partial charge in [0.05, 0.1) is 26.8 Å². The maximum absolute atomic E-state index is 5.39. The highest BCUT2D eigenvalue weighted by Gasteiger charge is 2.14. The Morgan fingerprint density at radius 3 is 2.60 bits per heavy atom. The minimum absolute atomic E-state index is 0.583. The fourth-order valence-corrected chi connectivity index (χ4v) is 3.64. The van der Waals surface area contributed by atoms with Crippen LogP contribution in [0.2, 0.25) is 0 Å². The molecule has 2 aromatic heterocycles. The average Bonchev–Trinajstić information content (AvgIpc) is 3.27. The van der Waals surface area contributed by atoms with Crippen LogP contribution in [0.3, 0.4) is 0 Å². The summed E-state index contributed by atoms with van der Waals surface area (Å²) in [5.74, 6) is 3.05. The van der Waals surface area contributed by atoms with Crippen molar-refractivity contribution in [3.63, 3.8) is 0 Å². The molecule has 2 aromatic carbocycles. The molecule has 0 radical (unpaired) electrons. The lowest BCUT2D eigenvalue weighted by molar-refractivity contribution is 0.355. The van der Waals surface area contributed by atoms with E-state index in [0.717, 1.165) is 21.6 Å². The van der Waals surface area contributed by atoms with E-state index in [1.54, 1.807) is 26.8 Å². The molecular weight excluding hydrogens is 400 g/mol. The quantitative estimate of drug-likeness (QED) is 0.415. The Kier molecular flexibility index (Phi) is 5.49.